The van der Waals surface area contributed by atoms with Gasteiger partial charge < -0.3 is 14.8 Å². The predicted molar refractivity (Wildman–Crippen MR) is 165 cm³/mol. The van der Waals surface area contributed by atoms with Crippen LogP contribution in [0.15, 0.2) is 36.8 Å². The monoisotopic (exact) mass is 719 g/mol. The Kier molecular flexibility index (Phi) is 8.48. The summed E-state index contributed by atoms with van der Waals surface area (Å²) < 4.78 is 41.1. The number of hydrogen-bond donors (Lipinski definition) is 1. The number of amides is 2. The lowest BCUT2D eigenvalue weighted by Crippen LogP contribution is -2.46. The summed E-state index contributed by atoms with van der Waals surface area (Å²) in [5.41, 5.74) is 2.09. The summed E-state index contributed by atoms with van der Waals surface area (Å²) in [5.74, 6) is -0.864. The number of nitrogens with one attached hydrogen (secondary N) is 1. The Morgan fingerprint density at radius 3 is 2.41 bits per heavy atom. The van der Waals surface area contributed by atoms with Gasteiger partial charge in [0.05, 0.1) is 21.0 Å². The van der Waals surface area contributed by atoms with Crippen LogP contribution in [0.3, 0.4) is 0 Å². The predicted octanol–water partition coefficient (Wildman–Crippen LogP) is 5.67. The summed E-state index contributed by atoms with van der Waals surface area (Å²) in [4.78, 5) is 58.2. The Morgan fingerprint density at radius 1 is 1.09 bits per heavy atom. The third-order valence-corrected chi connectivity index (χ3v) is 9.50. The van der Waals surface area contributed by atoms with E-state index in [2.05, 4.69) is 42.9 Å². The van der Waals surface area contributed by atoms with Crippen molar-refractivity contribution in [3.8, 4) is 11.3 Å². The Balaban J connectivity index is 1.46. The topological polar surface area (TPSA) is 123 Å². The standard InChI is InChI=1S/C30H29F3IN7O3/c1-14-6-7-24(30(31,32)33)38-28(14)39-29(44)23-8-15(2)27(34)41(23)25(43)13-40-12-21(17(4)42)20-9-22(37-16(3)26(20)40)19-10-35-18(5)36-11-19/h6-7,9-12,15,23,27H,8,13H2,1-5H3,(H,38,39,44)/t15-,23-,27-/m0/s1. The number of pyridine rings is 2. The van der Waals surface area contributed by atoms with E-state index in [4.69, 9.17) is 4.98 Å². The van der Waals surface area contributed by atoms with Crippen molar-refractivity contribution in [2.45, 2.75) is 63.9 Å². The molecule has 44 heavy (non-hydrogen) atoms. The molecule has 230 valence electrons. The quantitative estimate of drug-likeness (QED) is 0.118. The number of rotatable bonds is 6. The molecule has 14 heteroatoms. The number of ketones is 1. The van der Waals surface area contributed by atoms with Crippen molar-refractivity contribution >= 4 is 56.9 Å². The maximum atomic E-state index is 13.9. The minimum Gasteiger partial charge on any atom is -0.336 e. The highest BCUT2D eigenvalue weighted by molar-refractivity contribution is 14.1. The van der Waals surface area contributed by atoms with Gasteiger partial charge in [-0.15, -0.1) is 0 Å². The van der Waals surface area contributed by atoms with Crippen molar-refractivity contribution in [1.29, 1.82) is 0 Å². The Bertz CT molecular complexity index is 1790. The van der Waals surface area contributed by atoms with Crippen LogP contribution in [-0.2, 0) is 22.3 Å². The Morgan fingerprint density at radius 2 is 1.77 bits per heavy atom. The molecule has 5 rings (SSSR count). The molecule has 0 bridgehead atoms. The van der Waals surface area contributed by atoms with Crippen LogP contribution < -0.4 is 5.32 Å². The van der Waals surface area contributed by atoms with Gasteiger partial charge in [0.1, 0.15) is 29.9 Å². The second kappa shape index (κ2) is 11.9. The van der Waals surface area contributed by atoms with Gasteiger partial charge in [-0.2, -0.15) is 13.2 Å². The number of carbonyl (C=O) groups is 3. The van der Waals surface area contributed by atoms with E-state index in [0.717, 1.165) is 6.07 Å². The van der Waals surface area contributed by atoms with Gasteiger partial charge in [0.25, 0.3) is 0 Å². The molecule has 0 saturated carbocycles. The minimum atomic E-state index is -4.68. The summed E-state index contributed by atoms with van der Waals surface area (Å²) in [6, 6.07) is 2.93. The lowest BCUT2D eigenvalue weighted by atomic mass is 10.1. The van der Waals surface area contributed by atoms with Gasteiger partial charge in [0.15, 0.2) is 5.78 Å². The summed E-state index contributed by atoms with van der Waals surface area (Å²) in [5, 5.41) is 3.14. The van der Waals surface area contributed by atoms with E-state index in [-0.39, 0.29) is 34.0 Å². The molecule has 1 aliphatic rings. The Labute approximate surface area is 264 Å². The number of likely N-dealkylation sites (tertiary alicyclic amines) is 1. The van der Waals surface area contributed by atoms with Crippen molar-refractivity contribution in [2.75, 3.05) is 5.32 Å². The second-order valence-electron chi connectivity index (χ2n) is 11.0. The normalized spacial score (nSPS) is 18.6. The van der Waals surface area contributed by atoms with Crippen molar-refractivity contribution < 1.29 is 27.6 Å². The van der Waals surface area contributed by atoms with Gasteiger partial charge in [-0.05, 0) is 57.7 Å². The van der Waals surface area contributed by atoms with Crippen LogP contribution in [0, 0.1) is 26.7 Å². The van der Waals surface area contributed by atoms with Crippen molar-refractivity contribution in [3.63, 3.8) is 0 Å². The molecule has 1 fully saturated rings. The van der Waals surface area contributed by atoms with Crippen molar-refractivity contribution in [3.05, 3.63) is 65.1 Å². The average Bonchev–Trinajstić information content (AvgIpc) is 3.46. The number of carbonyl (C=O) groups excluding carboxylic acids is 3. The molecule has 4 aromatic heterocycles. The van der Waals surface area contributed by atoms with Crippen LogP contribution in [0.2, 0.25) is 0 Å². The molecule has 4 aromatic rings. The van der Waals surface area contributed by atoms with Gasteiger partial charge >= 0.3 is 6.18 Å². The van der Waals surface area contributed by atoms with Gasteiger partial charge in [-0.3, -0.25) is 19.4 Å². The van der Waals surface area contributed by atoms with Gasteiger partial charge in [0, 0.05) is 35.1 Å². The highest BCUT2D eigenvalue weighted by Gasteiger charge is 2.44. The van der Waals surface area contributed by atoms with E-state index >= 15 is 0 Å². The van der Waals surface area contributed by atoms with Crippen LogP contribution in [0.4, 0.5) is 19.0 Å². The fourth-order valence-corrected chi connectivity index (χ4v) is 6.40. The molecular weight excluding hydrogens is 690 g/mol. The van der Waals surface area contributed by atoms with Gasteiger partial charge in [-0.1, -0.05) is 35.6 Å². The maximum Gasteiger partial charge on any atom is 0.433 e. The number of nitrogens with zero attached hydrogens (tertiary/aromatic N) is 6. The Hall–Kier alpha value is -3.95. The summed E-state index contributed by atoms with van der Waals surface area (Å²) in [6.45, 7) is 8.26. The molecular formula is C30H29F3IN7O3. The molecule has 0 radical (unpaired) electrons. The number of aryl methyl sites for hydroxylation is 3. The van der Waals surface area contributed by atoms with Gasteiger partial charge in [0.2, 0.25) is 11.8 Å². The molecule has 10 nitrogen and oxygen atoms in total. The van der Waals surface area contributed by atoms with E-state index in [1.807, 2.05) is 6.92 Å². The lowest BCUT2D eigenvalue weighted by Gasteiger charge is -2.28. The number of halogens is 4. The third-order valence-electron chi connectivity index (χ3n) is 7.68. The second-order valence-corrected chi connectivity index (χ2v) is 12.3. The van der Waals surface area contributed by atoms with Crippen LogP contribution in [-0.4, -0.2) is 57.1 Å². The molecule has 3 atom stereocenters. The van der Waals surface area contributed by atoms with E-state index < -0.39 is 23.8 Å². The van der Waals surface area contributed by atoms with E-state index in [1.54, 1.807) is 50.0 Å². The fourth-order valence-electron chi connectivity index (χ4n) is 5.41. The number of hydrogen-bond acceptors (Lipinski definition) is 7. The molecule has 0 unspecified atom stereocenters. The first-order valence-electron chi connectivity index (χ1n) is 13.8. The molecule has 0 spiro atoms. The van der Waals surface area contributed by atoms with Crippen molar-refractivity contribution in [1.82, 2.24) is 29.4 Å². The summed E-state index contributed by atoms with van der Waals surface area (Å²) in [7, 11) is 0. The van der Waals surface area contributed by atoms with E-state index in [0.29, 0.717) is 51.2 Å². The zero-order chi connectivity index (χ0) is 32.1. The smallest absolute Gasteiger partial charge is 0.336 e. The molecule has 1 N–H and O–H groups in total. The number of aromatic nitrogens is 5. The first kappa shape index (κ1) is 31.5. The number of Topliss-reactive ketones (excluding diaryl/α,β-unsaturated/α-hetero) is 1. The van der Waals surface area contributed by atoms with E-state index in [9.17, 15) is 27.6 Å². The molecule has 1 saturated heterocycles. The van der Waals surface area contributed by atoms with Crippen LogP contribution in [0.25, 0.3) is 22.2 Å². The molecule has 1 aliphatic heterocycles. The lowest BCUT2D eigenvalue weighted by molar-refractivity contribution is -0.141. The van der Waals surface area contributed by atoms with Crippen molar-refractivity contribution in [2.24, 2.45) is 5.92 Å². The third kappa shape index (κ3) is 6.03. The first-order chi connectivity index (χ1) is 20.6. The molecule has 0 aliphatic carbocycles. The SMILES string of the molecule is CC(=O)c1cn(CC(=O)N2[C@H](I)[C@@H](C)C[C@H]2C(=O)Nc2nc(C(F)(F)F)ccc2C)c2c(C)nc(-c3cnc(C)nc3)cc12. The maximum absolute atomic E-state index is 13.9. The molecule has 0 aromatic carbocycles. The summed E-state index contributed by atoms with van der Waals surface area (Å²) in [6.07, 6.45) is 0.560. The number of fused-ring (bicyclic) bond motifs is 1. The van der Waals surface area contributed by atoms with Crippen LogP contribution in [0.5, 0.6) is 0 Å². The minimum absolute atomic E-state index is 0.0669. The summed E-state index contributed by atoms with van der Waals surface area (Å²) >= 11 is 2.11. The van der Waals surface area contributed by atoms with Crippen LogP contribution in [0.1, 0.15) is 53.4 Å². The largest absolute Gasteiger partial charge is 0.433 e. The highest BCUT2D eigenvalue weighted by atomic mass is 127. The van der Waals surface area contributed by atoms with Crippen LogP contribution >= 0.6 is 22.6 Å². The molecule has 5 heterocycles. The van der Waals surface area contributed by atoms with E-state index in [1.165, 1.54) is 17.9 Å². The zero-order valence-electron chi connectivity index (χ0n) is 24.5. The number of anilines is 1. The number of alkyl halides is 4. The fraction of sp³-hybridized carbons (Fsp3) is 0.367. The van der Waals surface area contributed by atoms with Gasteiger partial charge in [-0.25, -0.2) is 15.0 Å². The first-order valence-corrected chi connectivity index (χ1v) is 15.0. The molecule has 2 amide bonds. The highest BCUT2D eigenvalue weighted by Crippen LogP contribution is 2.36. The zero-order valence-corrected chi connectivity index (χ0v) is 26.7. The average molecular weight is 720 g/mol.